The zero-order valence-electron chi connectivity index (χ0n) is 11.2. The van der Waals surface area contributed by atoms with E-state index >= 15 is 0 Å². The van der Waals surface area contributed by atoms with Gasteiger partial charge in [0.1, 0.15) is 11.6 Å². The summed E-state index contributed by atoms with van der Waals surface area (Å²) in [5.74, 6) is -1.87. The van der Waals surface area contributed by atoms with Crippen LogP contribution >= 0.6 is 0 Å². The van der Waals surface area contributed by atoms with Crippen molar-refractivity contribution in [2.75, 3.05) is 6.54 Å². The third kappa shape index (κ3) is 3.73. The number of hydrogen-bond donors (Lipinski definition) is 2. The summed E-state index contributed by atoms with van der Waals surface area (Å²) in [5, 5.41) is 12.2. The zero-order chi connectivity index (χ0) is 14.5. The molecule has 19 heavy (non-hydrogen) atoms. The lowest BCUT2D eigenvalue weighted by molar-refractivity contribution is -0.149. The maximum Gasteiger partial charge on any atom is 0.310 e. The normalized spacial score (nSPS) is 11.6. The molecule has 0 spiro atoms. The number of carboxylic acids is 1. The van der Waals surface area contributed by atoms with Gasteiger partial charge in [-0.15, -0.1) is 0 Å². The Morgan fingerprint density at radius 2 is 1.95 bits per heavy atom. The number of nitrogens with one attached hydrogen (secondary N) is 1. The van der Waals surface area contributed by atoms with Crippen LogP contribution in [0.1, 0.15) is 32.3 Å². The molecule has 0 unspecified atom stereocenters. The SMILES string of the molecule is CCC(CC)(CNCc1cc(F)ccc1F)C(=O)O. The molecule has 0 atom stereocenters. The molecule has 1 rings (SSSR count). The minimum Gasteiger partial charge on any atom is -0.481 e. The molecule has 0 aliphatic carbocycles. The average Bonchev–Trinajstić information content (AvgIpc) is 2.38. The number of aliphatic carboxylic acids is 1. The number of halogens is 2. The lowest BCUT2D eigenvalue weighted by Crippen LogP contribution is -2.40. The van der Waals surface area contributed by atoms with Gasteiger partial charge in [0, 0.05) is 18.7 Å². The molecular formula is C14H19F2NO2. The van der Waals surface area contributed by atoms with E-state index < -0.39 is 23.0 Å². The molecule has 0 aromatic heterocycles. The molecule has 0 bridgehead atoms. The van der Waals surface area contributed by atoms with Gasteiger partial charge < -0.3 is 10.4 Å². The van der Waals surface area contributed by atoms with Crippen LogP contribution in [-0.4, -0.2) is 17.6 Å². The topological polar surface area (TPSA) is 49.3 Å². The van der Waals surface area contributed by atoms with Crippen molar-refractivity contribution in [1.29, 1.82) is 0 Å². The van der Waals surface area contributed by atoms with Crippen molar-refractivity contribution < 1.29 is 18.7 Å². The highest BCUT2D eigenvalue weighted by Crippen LogP contribution is 2.25. The summed E-state index contributed by atoms with van der Waals surface area (Å²) in [6.45, 7) is 3.95. The number of benzene rings is 1. The highest BCUT2D eigenvalue weighted by atomic mass is 19.1. The Labute approximate surface area is 111 Å². The van der Waals surface area contributed by atoms with Gasteiger partial charge in [-0.1, -0.05) is 13.8 Å². The van der Waals surface area contributed by atoms with E-state index in [0.717, 1.165) is 18.2 Å². The fourth-order valence-electron chi connectivity index (χ4n) is 1.99. The predicted octanol–water partition coefficient (Wildman–Crippen LogP) is 2.95. The Morgan fingerprint density at radius 3 is 2.47 bits per heavy atom. The van der Waals surface area contributed by atoms with Crippen molar-refractivity contribution in [3.63, 3.8) is 0 Å². The largest absolute Gasteiger partial charge is 0.481 e. The Kier molecular flexibility index (Phi) is 5.42. The van der Waals surface area contributed by atoms with Gasteiger partial charge >= 0.3 is 5.97 Å². The summed E-state index contributed by atoms with van der Waals surface area (Å²) in [6, 6.07) is 3.23. The number of rotatable bonds is 7. The predicted molar refractivity (Wildman–Crippen MR) is 68.7 cm³/mol. The summed E-state index contributed by atoms with van der Waals surface area (Å²) in [7, 11) is 0. The van der Waals surface area contributed by atoms with Gasteiger partial charge in [0.05, 0.1) is 5.41 Å². The molecule has 0 aliphatic heterocycles. The lowest BCUT2D eigenvalue weighted by Gasteiger charge is -2.27. The van der Waals surface area contributed by atoms with E-state index in [1.54, 1.807) is 0 Å². The number of hydrogen-bond acceptors (Lipinski definition) is 2. The van der Waals surface area contributed by atoms with E-state index in [-0.39, 0.29) is 18.7 Å². The highest BCUT2D eigenvalue weighted by Gasteiger charge is 2.34. The molecule has 0 saturated carbocycles. The second kappa shape index (κ2) is 6.61. The molecule has 2 N–H and O–H groups in total. The first-order valence-electron chi connectivity index (χ1n) is 6.33. The minimum absolute atomic E-state index is 0.110. The molecule has 0 heterocycles. The van der Waals surface area contributed by atoms with Crippen LogP contribution < -0.4 is 5.32 Å². The third-order valence-electron chi connectivity index (χ3n) is 3.59. The number of carboxylic acid groups (broad SMARTS) is 1. The molecular weight excluding hydrogens is 252 g/mol. The maximum atomic E-state index is 13.4. The Hall–Kier alpha value is -1.49. The van der Waals surface area contributed by atoms with Crippen molar-refractivity contribution in [3.8, 4) is 0 Å². The molecule has 0 aliphatic rings. The van der Waals surface area contributed by atoms with Gasteiger partial charge in [-0.3, -0.25) is 4.79 Å². The van der Waals surface area contributed by atoms with Gasteiger partial charge in [0.25, 0.3) is 0 Å². The summed E-state index contributed by atoms with van der Waals surface area (Å²) in [5.41, 5.74) is -0.657. The lowest BCUT2D eigenvalue weighted by atomic mass is 9.82. The average molecular weight is 271 g/mol. The van der Waals surface area contributed by atoms with Crippen LogP contribution in [0.25, 0.3) is 0 Å². The van der Waals surface area contributed by atoms with Crippen molar-refractivity contribution in [1.82, 2.24) is 5.32 Å². The van der Waals surface area contributed by atoms with Crippen LogP contribution in [0.4, 0.5) is 8.78 Å². The second-order valence-electron chi connectivity index (χ2n) is 4.63. The maximum absolute atomic E-state index is 13.4. The van der Waals surface area contributed by atoms with Crippen molar-refractivity contribution in [2.24, 2.45) is 5.41 Å². The van der Waals surface area contributed by atoms with Crippen LogP contribution in [0.15, 0.2) is 18.2 Å². The Bertz CT molecular complexity index is 445. The molecule has 106 valence electrons. The van der Waals surface area contributed by atoms with Crippen molar-refractivity contribution in [2.45, 2.75) is 33.2 Å². The van der Waals surface area contributed by atoms with Crippen LogP contribution in [0, 0.1) is 17.0 Å². The molecule has 1 aromatic rings. The highest BCUT2D eigenvalue weighted by molar-refractivity contribution is 5.74. The molecule has 0 amide bonds. The standard InChI is InChI=1S/C14H19F2NO2/c1-3-14(4-2,13(18)19)9-17-8-10-7-11(15)5-6-12(10)16/h5-7,17H,3-4,8-9H2,1-2H3,(H,18,19). The molecule has 0 fully saturated rings. The Morgan fingerprint density at radius 1 is 1.32 bits per heavy atom. The van der Waals surface area contributed by atoms with Gasteiger partial charge in [0.2, 0.25) is 0 Å². The monoisotopic (exact) mass is 271 g/mol. The van der Waals surface area contributed by atoms with Gasteiger partial charge in [0.15, 0.2) is 0 Å². The van der Waals surface area contributed by atoms with E-state index in [9.17, 15) is 18.7 Å². The molecule has 0 saturated heterocycles. The quantitative estimate of drug-likeness (QED) is 0.801. The molecule has 0 radical (unpaired) electrons. The van der Waals surface area contributed by atoms with E-state index in [2.05, 4.69) is 5.32 Å². The summed E-state index contributed by atoms with van der Waals surface area (Å²) < 4.78 is 26.4. The van der Waals surface area contributed by atoms with E-state index in [4.69, 9.17) is 0 Å². The Balaban J connectivity index is 2.67. The summed E-state index contributed by atoms with van der Waals surface area (Å²) in [4.78, 5) is 11.3. The van der Waals surface area contributed by atoms with Crippen molar-refractivity contribution >= 4 is 5.97 Å². The van der Waals surface area contributed by atoms with Crippen molar-refractivity contribution in [3.05, 3.63) is 35.4 Å². The summed E-state index contributed by atoms with van der Waals surface area (Å²) >= 11 is 0. The molecule has 1 aromatic carbocycles. The fraction of sp³-hybridized carbons (Fsp3) is 0.500. The van der Waals surface area contributed by atoms with Gasteiger partial charge in [-0.2, -0.15) is 0 Å². The van der Waals surface area contributed by atoms with Gasteiger partial charge in [-0.25, -0.2) is 8.78 Å². The zero-order valence-corrected chi connectivity index (χ0v) is 11.2. The van der Waals surface area contributed by atoms with Crippen LogP contribution in [0.2, 0.25) is 0 Å². The first-order chi connectivity index (χ1) is 8.95. The summed E-state index contributed by atoms with van der Waals surface area (Å²) in [6.07, 6.45) is 0.967. The van der Waals surface area contributed by atoms with E-state index in [1.807, 2.05) is 13.8 Å². The van der Waals surface area contributed by atoms with Crippen LogP contribution in [0.3, 0.4) is 0 Å². The fourth-order valence-corrected chi connectivity index (χ4v) is 1.99. The smallest absolute Gasteiger partial charge is 0.310 e. The van der Waals surface area contributed by atoms with Crippen LogP contribution in [0.5, 0.6) is 0 Å². The minimum atomic E-state index is -0.871. The molecule has 3 nitrogen and oxygen atoms in total. The van der Waals surface area contributed by atoms with Crippen LogP contribution in [-0.2, 0) is 11.3 Å². The van der Waals surface area contributed by atoms with E-state index in [1.165, 1.54) is 0 Å². The molecule has 5 heteroatoms. The second-order valence-corrected chi connectivity index (χ2v) is 4.63. The first-order valence-corrected chi connectivity index (χ1v) is 6.33. The third-order valence-corrected chi connectivity index (χ3v) is 3.59. The number of carbonyl (C=O) groups is 1. The van der Waals surface area contributed by atoms with Gasteiger partial charge in [-0.05, 0) is 31.0 Å². The van der Waals surface area contributed by atoms with E-state index in [0.29, 0.717) is 12.8 Å². The first kappa shape index (κ1) is 15.6.